The topological polar surface area (TPSA) is 58.6 Å². The first-order valence-corrected chi connectivity index (χ1v) is 6.85. The van der Waals surface area contributed by atoms with Crippen LogP contribution in [0, 0.1) is 0 Å². The zero-order valence-electron chi connectivity index (χ0n) is 12.6. The molecular formula is C17H18N2O3. The van der Waals surface area contributed by atoms with Gasteiger partial charge in [-0.3, -0.25) is 9.59 Å². The predicted molar refractivity (Wildman–Crippen MR) is 85.0 cm³/mol. The van der Waals surface area contributed by atoms with Crippen LogP contribution >= 0.6 is 0 Å². The monoisotopic (exact) mass is 298 g/mol. The van der Waals surface area contributed by atoms with Crippen LogP contribution in [0.3, 0.4) is 0 Å². The molecule has 0 radical (unpaired) electrons. The van der Waals surface area contributed by atoms with E-state index >= 15 is 0 Å². The summed E-state index contributed by atoms with van der Waals surface area (Å²) in [5, 5.41) is 2.72. The van der Waals surface area contributed by atoms with Gasteiger partial charge < -0.3 is 15.0 Å². The number of hydrogen-bond acceptors (Lipinski definition) is 3. The van der Waals surface area contributed by atoms with Gasteiger partial charge in [0.25, 0.3) is 11.8 Å². The fourth-order valence-corrected chi connectivity index (χ4v) is 1.82. The average molecular weight is 298 g/mol. The normalized spacial score (nSPS) is 9.91. The minimum absolute atomic E-state index is 0.0671. The van der Waals surface area contributed by atoms with Crippen LogP contribution in [0.4, 0.5) is 5.69 Å². The molecule has 2 rings (SSSR count). The first-order chi connectivity index (χ1) is 10.6. The smallest absolute Gasteiger partial charge is 0.262 e. The fraction of sp³-hybridized carbons (Fsp3) is 0.176. The molecule has 5 nitrogen and oxygen atoms in total. The molecule has 0 aliphatic carbocycles. The van der Waals surface area contributed by atoms with Gasteiger partial charge in [-0.15, -0.1) is 0 Å². The molecule has 5 heteroatoms. The van der Waals surface area contributed by atoms with Crippen molar-refractivity contribution < 1.29 is 14.3 Å². The van der Waals surface area contributed by atoms with Gasteiger partial charge in [0.1, 0.15) is 5.75 Å². The summed E-state index contributed by atoms with van der Waals surface area (Å²) >= 11 is 0. The fourth-order valence-electron chi connectivity index (χ4n) is 1.82. The zero-order valence-corrected chi connectivity index (χ0v) is 12.6. The number of carbonyl (C=O) groups excluding carboxylic acids is 2. The van der Waals surface area contributed by atoms with Crippen molar-refractivity contribution in [1.29, 1.82) is 0 Å². The van der Waals surface area contributed by atoms with E-state index < -0.39 is 0 Å². The Labute approximate surface area is 129 Å². The number of carbonyl (C=O) groups is 2. The highest BCUT2D eigenvalue weighted by molar-refractivity contribution is 5.95. The van der Waals surface area contributed by atoms with E-state index in [4.69, 9.17) is 4.74 Å². The molecule has 0 fully saturated rings. The third-order valence-corrected chi connectivity index (χ3v) is 2.93. The van der Waals surface area contributed by atoms with Crippen molar-refractivity contribution in [3.8, 4) is 5.75 Å². The molecule has 2 amide bonds. The van der Waals surface area contributed by atoms with Crippen molar-refractivity contribution in [2.45, 2.75) is 0 Å². The Bertz CT molecular complexity index is 637. The second-order valence-corrected chi connectivity index (χ2v) is 4.93. The third-order valence-electron chi connectivity index (χ3n) is 2.93. The van der Waals surface area contributed by atoms with Crippen molar-refractivity contribution in [2.75, 3.05) is 26.0 Å². The predicted octanol–water partition coefficient (Wildman–Crippen LogP) is 2.41. The maximum Gasteiger partial charge on any atom is 0.262 e. The molecule has 22 heavy (non-hydrogen) atoms. The summed E-state index contributed by atoms with van der Waals surface area (Å²) in [5.74, 6) is 0.311. The quantitative estimate of drug-likeness (QED) is 0.922. The summed E-state index contributed by atoms with van der Waals surface area (Å²) < 4.78 is 5.36. The second-order valence-electron chi connectivity index (χ2n) is 4.93. The summed E-state index contributed by atoms with van der Waals surface area (Å²) in [6, 6.07) is 15.9. The molecule has 0 heterocycles. The van der Waals surface area contributed by atoms with Gasteiger partial charge in [-0.1, -0.05) is 18.2 Å². The Morgan fingerprint density at radius 1 is 1.00 bits per heavy atom. The lowest BCUT2D eigenvalue weighted by atomic mass is 10.2. The zero-order chi connectivity index (χ0) is 15.9. The summed E-state index contributed by atoms with van der Waals surface area (Å²) in [6.45, 7) is -0.0671. The van der Waals surface area contributed by atoms with E-state index in [-0.39, 0.29) is 18.4 Å². The Hall–Kier alpha value is -2.82. The second kappa shape index (κ2) is 7.26. The SMILES string of the molecule is CN(C)C(=O)c1ccc(NC(=O)COc2ccccc2)cc1. The summed E-state index contributed by atoms with van der Waals surface area (Å²) in [7, 11) is 3.39. The van der Waals surface area contributed by atoms with Crippen LogP contribution in [0.2, 0.25) is 0 Å². The van der Waals surface area contributed by atoms with Gasteiger partial charge >= 0.3 is 0 Å². The Kier molecular flexibility index (Phi) is 5.14. The van der Waals surface area contributed by atoms with E-state index in [0.717, 1.165) is 0 Å². The number of para-hydroxylation sites is 1. The Morgan fingerprint density at radius 3 is 2.23 bits per heavy atom. The molecular weight excluding hydrogens is 280 g/mol. The van der Waals surface area contributed by atoms with Crippen LogP contribution in [-0.4, -0.2) is 37.4 Å². The molecule has 114 valence electrons. The molecule has 0 aromatic heterocycles. The van der Waals surface area contributed by atoms with Crippen LogP contribution in [0.1, 0.15) is 10.4 Å². The van der Waals surface area contributed by atoms with E-state index in [1.807, 2.05) is 18.2 Å². The molecule has 2 aromatic rings. The maximum atomic E-state index is 11.8. The molecule has 0 atom stereocenters. The molecule has 2 aromatic carbocycles. The van der Waals surface area contributed by atoms with Gasteiger partial charge in [0.05, 0.1) is 0 Å². The van der Waals surface area contributed by atoms with Gasteiger partial charge in [0.2, 0.25) is 0 Å². The van der Waals surface area contributed by atoms with Gasteiger partial charge in [-0.2, -0.15) is 0 Å². The van der Waals surface area contributed by atoms with Crippen molar-refractivity contribution in [3.05, 3.63) is 60.2 Å². The summed E-state index contributed by atoms with van der Waals surface area (Å²) in [6.07, 6.45) is 0. The molecule has 0 bridgehead atoms. The Morgan fingerprint density at radius 2 is 1.64 bits per heavy atom. The number of hydrogen-bond donors (Lipinski definition) is 1. The van der Waals surface area contributed by atoms with Crippen molar-refractivity contribution in [2.24, 2.45) is 0 Å². The molecule has 0 spiro atoms. The average Bonchev–Trinajstić information content (AvgIpc) is 2.54. The lowest BCUT2D eigenvalue weighted by Gasteiger charge is -2.11. The van der Waals surface area contributed by atoms with E-state index in [0.29, 0.717) is 17.0 Å². The molecule has 0 aliphatic heterocycles. The Balaban J connectivity index is 1.88. The van der Waals surface area contributed by atoms with Gasteiger partial charge in [-0.05, 0) is 36.4 Å². The van der Waals surface area contributed by atoms with Crippen LogP contribution in [0.15, 0.2) is 54.6 Å². The summed E-state index contributed by atoms with van der Waals surface area (Å²) in [4.78, 5) is 25.1. The highest BCUT2D eigenvalue weighted by Crippen LogP contribution is 2.12. The molecule has 0 saturated heterocycles. The van der Waals surface area contributed by atoms with Crippen LogP contribution in [-0.2, 0) is 4.79 Å². The first kappa shape index (κ1) is 15.6. The number of nitrogens with one attached hydrogen (secondary N) is 1. The van der Waals surface area contributed by atoms with Gasteiger partial charge in [-0.25, -0.2) is 0 Å². The summed E-state index contributed by atoms with van der Waals surface area (Å²) in [5.41, 5.74) is 1.19. The van der Waals surface area contributed by atoms with Crippen molar-refractivity contribution in [1.82, 2.24) is 4.90 Å². The number of benzene rings is 2. The van der Waals surface area contributed by atoms with E-state index in [1.165, 1.54) is 4.90 Å². The minimum atomic E-state index is -0.254. The molecule has 0 saturated carbocycles. The van der Waals surface area contributed by atoms with Crippen LogP contribution < -0.4 is 10.1 Å². The number of ether oxygens (including phenoxy) is 1. The van der Waals surface area contributed by atoms with Crippen molar-refractivity contribution in [3.63, 3.8) is 0 Å². The number of amides is 2. The lowest BCUT2D eigenvalue weighted by molar-refractivity contribution is -0.118. The minimum Gasteiger partial charge on any atom is -0.484 e. The van der Waals surface area contributed by atoms with E-state index in [2.05, 4.69) is 5.32 Å². The highest BCUT2D eigenvalue weighted by Gasteiger charge is 2.08. The molecule has 0 unspecified atom stereocenters. The number of nitrogens with zero attached hydrogens (tertiary/aromatic N) is 1. The molecule has 1 N–H and O–H groups in total. The maximum absolute atomic E-state index is 11.8. The lowest BCUT2D eigenvalue weighted by Crippen LogP contribution is -2.22. The van der Waals surface area contributed by atoms with Gasteiger partial charge in [0, 0.05) is 25.3 Å². The van der Waals surface area contributed by atoms with Crippen molar-refractivity contribution >= 4 is 17.5 Å². The standard InChI is InChI=1S/C17H18N2O3/c1-19(2)17(21)13-8-10-14(11-9-13)18-16(20)12-22-15-6-4-3-5-7-15/h3-11H,12H2,1-2H3,(H,18,20). The third kappa shape index (κ3) is 4.34. The first-order valence-electron chi connectivity index (χ1n) is 6.85. The number of rotatable bonds is 5. The van der Waals surface area contributed by atoms with E-state index in [1.54, 1.807) is 50.5 Å². The van der Waals surface area contributed by atoms with Crippen LogP contribution in [0.25, 0.3) is 0 Å². The highest BCUT2D eigenvalue weighted by atomic mass is 16.5. The number of anilines is 1. The van der Waals surface area contributed by atoms with Crippen LogP contribution in [0.5, 0.6) is 5.75 Å². The van der Waals surface area contributed by atoms with E-state index in [9.17, 15) is 9.59 Å². The molecule has 0 aliphatic rings. The van der Waals surface area contributed by atoms with Gasteiger partial charge in [0.15, 0.2) is 6.61 Å². The largest absolute Gasteiger partial charge is 0.484 e.